The Labute approximate surface area is 123 Å². The number of methoxy groups -OCH3 is 1. The summed E-state index contributed by atoms with van der Waals surface area (Å²) < 4.78 is 4.78. The zero-order chi connectivity index (χ0) is 14.7. The van der Waals surface area contributed by atoms with Crippen LogP contribution in [0.5, 0.6) is 5.75 Å². The van der Waals surface area contributed by atoms with Crippen LogP contribution in [0.15, 0.2) is 35.3 Å². The van der Waals surface area contributed by atoms with Gasteiger partial charge in [0.1, 0.15) is 11.3 Å². The third-order valence-electron chi connectivity index (χ3n) is 3.47. The summed E-state index contributed by atoms with van der Waals surface area (Å²) in [6, 6.07) is 1.99. The van der Waals surface area contributed by atoms with Crippen molar-refractivity contribution in [2.75, 3.05) is 13.4 Å². The van der Waals surface area contributed by atoms with E-state index in [2.05, 4.69) is 12.2 Å². The smallest absolute Gasteiger partial charge is 0.342 e. The first-order chi connectivity index (χ1) is 9.63. The van der Waals surface area contributed by atoms with Crippen molar-refractivity contribution in [1.82, 2.24) is 0 Å². The molecule has 0 bridgehead atoms. The zero-order valence-electron chi connectivity index (χ0n) is 11.8. The van der Waals surface area contributed by atoms with E-state index < -0.39 is 5.97 Å². The van der Waals surface area contributed by atoms with Gasteiger partial charge in [0, 0.05) is 10.8 Å². The van der Waals surface area contributed by atoms with Crippen molar-refractivity contribution in [3.8, 4) is 5.75 Å². The summed E-state index contributed by atoms with van der Waals surface area (Å²) in [6.45, 7) is 1.97. The summed E-state index contributed by atoms with van der Waals surface area (Å²) >= 11 is 1.44. The van der Waals surface area contributed by atoms with Crippen molar-refractivity contribution >= 4 is 17.7 Å². The van der Waals surface area contributed by atoms with Gasteiger partial charge in [0.2, 0.25) is 0 Å². The maximum atomic E-state index is 11.9. The van der Waals surface area contributed by atoms with Gasteiger partial charge < -0.3 is 9.84 Å². The first-order valence-electron chi connectivity index (χ1n) is 6.50. The molecule has 106 valence electrons. The van der Waals surface area contributed by atoms with Crippen molar-refractivity contribution in [2.45, 2.75) is 24.2 Å². The topological polar surface area (TPSA) is 46.5 Å². The molecule has 2 rings (SSSR count). The molecule has 1 aliphatic rings. The van der Waals surface area contributed by atoms with E-state index in [9.17, 15) is 9.90 Å². The number of aromatic hydroxyl groups is 1. The third kappa shape index (κ3) is 2.48. The Hall–Kier alpha value is -1.68. The van der Waals surface area contributed by atoms with Gasteiger partial charge in [0.25, 0.3) is 0 Å². The number of esters is 1. The lowest BCUT2D eigenvalue weighted by molar-refractivity contribution is 0.0593. The van der Waals surface area contributed by atoms with Gasteiger partial charge in [-0.3, -0.25) is 0 Å². The van der Waals surface area contributed by atoms with Crippen LogP contribution in [0.4, 0.5) is 0 Å². The highest BCUT2D eigenvalue weighted by atomic mass is 32.2. The fourth-order valence-electron chi connectivity index (χ4n) is 2.47. The van der Waals surface area contributed by atoms with Gasteiger partial charge in [-0.25, -0.2) is 4.79 Å². The summed E-state index contributed by atoms with van der Waals surface area (Å²) in [5.74, 6) is -0.283. The number of carbonyl (C=O) groups is 1. The lowest BCUT2D eigenvalue weighted by Crippen LogP contribution is -2.08. The van der Waals surface area contributed by atoms with Crippen molar-refractivity contribution in [2.24, 2.45) is 0 Å². The number of rotatable bonds is 4. The molecule has 1 aromatic rings. The fraction of sp³-hybridized carbons (Fsp3) is 0.312. The molecule has 0 amide bonds. The van der Waals surface area contributed by atoms with Crippen LogP contribution in [-0.2, 0) is 11.2 Å². The van der Waals surface area contributed by atoms with E-state index in [-0.39, 0.29) is 17.2 Å². The molecule has 0 unspecified atom stereocenters. The van der Waals surface area contributed by atoms with Gasteiger partial charge in [-0.05, 0) is 29.9 Å². The highest BCUT2D eigenvalue weighted by Crippen LogP contribution is 2.39. The van der Waals surface area contributed by atoms with Gasteiger partial charge in [-0.1, -0.05) is 31.2 Å². The molecular weight excluding hydrogens is 272 g/mol. The third-order valence-corrected chi connectivity index (χ3v) is 4.24. The molecule has 20 heavy (non-hydrogen) atoms. The largest absolute Gasteiger partial charge is 0.507 e. The number of phenols is 1. The average Bonchev–Trinajstić information content (AvgIpc) is 2.99. The zero-order valence-corrected chi connectivity index (χ0v) is 12.7. The van der Waals surface area contributed by atoms with E-state index >= 15 is 0 Å². The number of benzene rings is 1. The average molecular weight is 290 g/mol. The molecule has 0 aromatic heterocycles. The van der Waals surface area contributed by atoms with E-state index in [0.29, 0.717) is 6.42 Å². The lowest BCUT2D eigenvalue weighted by atomic mass is 9.91. The number of hydrogen-bond donors (Lipinski definition) is 1. The molecule has 3 nitrogen and oxygen atoms in total. The summed E-state index contributed by atoms with van der Waals surface area (Å²) in [6.07, 6.45) is 10.7. The molecule has 1 aliphatic carbocycles. The molecule has 1 N–H and O–H groups in total. The van der Waals surface area contributed by atoms with Crippen LogP contribution >= 0.6 is 11.8 Å². The van der Waals surface area contributed by atoms with Gasteiger partial charge in [0.05, 0.1) is 7.11 Å². The summed E-state index contributed by atoms with van der Waals surface area (Å²) in [5, 5.41) is 10.5. The van der Waals surface area contributed by atoms with Crippen LogP contribution in [0, 0.1) is 0 Å². The molecule has 0 heterocycles. The second-order valence-electron chi connectivity index (χ2n) is 4.51. The van der Waals surface area contributed by atoms with E-state index in [0.717, 1.165) is 16.0 Å². The van der Waals surface area contributed by atoms with Crippen LogP contribution in [0.2, 0.25) is 0 Å². The maximum Gasteiger partial charge on any atom is 0.342 e. The number of phenolic OH excluding ortho intramolecular Hbond substituents is 1. The minimum Gasteiger partial charge on any atom is -0.507 e. The Balaban J connectivity index is 2.66. The molecule has 0 fully saturated rings. The minimum absolute atomic E-state index is 0.0508. The first-order valence-corrected chi connectivity index (χ1v) is 7.72. The van der Waals surface area contributed by atoms with E-state index in [1.165, 1.54) is 18.9 Å². The number of thioether (sulfide) groups is 1. The predicted octanol–water partition coefficient (Wildman–Crippen LogP) is 3.67. The minimum atomic E-state index is -0.495. The van der Waals surface area contributed by atoms with Crippen LogP contribution < -0.4 is 0 Å². The lowest BCUT2D eigenvalue weighted by Gasteiger charge is -2.18. The Bertz CT molecular complexity index is 576. The molecule has 0 spiro atoms. The fourth-order valence-corrected chi connectivity index (χ4v) is 3.10. The summed E-state index contributed by atoms with van der Waals surface area (Å²) in [5.41, 5.74) is 2.13. The molecule has 1 aromatic carbocycles. The second-order valence-corrected chi connectivity index (χ2v) is 5.36. The summed E-state index contributed by atoms with van der Waals surface area (Å²) in [4.78, 5) is 12.6. The van der Waals surface area contributed by atoms with Crippen molar-refractivity contribution in [3.63, 3.8) is 0 Å². The number of ether oxygens (including phenoxy) is 1. The van der Waals surface area contributed by atoms with Gasteiger partial charge in [-0.15, -0.1) is 11.8 Å². The molecule has 4 heteroatoms. The van der Waals surface area contributed by atoms with E-state index in [4.69, 9.17) is 4.74 Å². The Kier molecular flexibility index (Phi) is 4.55. The predicted molar refractivity (Wildman–Crippen MR) is 81.6 cm³/mol. The van der Waals surface area contributed by atoms with Crippen LogP contribution in [0.25, 0.3) is 0 Å². The Morgan fingerprint density at radius 3 is 2.55 bits per heavy atom. The van der Waals surface area contributed by atoms with Crippen molar-refractivity contribution in [1.29, 1.82) is 0 Å². The summed E-state index contributed by atoms with van der Waals surface area (Å²) in [7, 11) is 1.33. The number of hydrogen-bond acceptors (Lipinski definition) is 4. The Morgan fingerprint density at radius 2 is 2.05 bits per heavy atom. The number of allylic oxidation sites excluding steroid dienone is 4. The highest BCUT2D eigenvalue weighted by Gasteiger charge is 2.24. The maximum absolute atomic E-state index is 11.9. The van der Waals surface area contributed by atoms with Crippen LogP contribution in [0.1, 0.15) is 34.3 Å². The quantitative estimate of drug-likeness (QED) is 0.679. The van der Waals surface area contributed by atoms with Crippen LogP contribution in [0.3, 0.4) is 0 Å². The van der Waals surface area contributed by atoms with Crippen molar-refractivity contribution in [3.05, 3.63) is 47.1 Å². The van der Waals surface area contributed by atoms with Gasteiger partial charge >= 0.3 is 5.97 Å². The first kappa shape index (κ1) is 14.7. The molecule has 0 atom stereocenters. The second kappa shape index (κ2) is 6.18. The highest BCUT2D eigenvalue weighted by molar-refractivity contribution is 7.98. The Morgan fingerprint density at radius 1 is 1.40 bits per heavy atom. The molecular formula is C16H18O3S. The van der Waals surface area contributed by atoms with Crippen molar-refractivity contribution < 1.29 is 14.6 Å². The molecule has 0 aliphatic heterocycles. The SMILES string of the molecule is CCc1c(C2C=CC=C2)cc(SC)c(C(=O)OC)c1O. The van der Waals surface area contributed by atoms with E-state index in [1.807, 2.05) is 31.4 Å². The molecule has 0 radical (unpaired) electrons. The normalized spacial score (nSPS) is 13.9. The van der Waals surface area contributed by atoms with Gasteiger partial charge in [-0.2, -0.15) is 0 Å². The van der Waals surface area contributed by atoms with Crippen LogP contribution in [-0.4, -0.2) is 24.4 Å². The standard InChI is InChI=1S/C16H18O3S/c1-4-11-12(10-7-5-6-8-10)9-13(20-3)14(15(11)17)16(18)19-2/h5-10,17H,4H2,1-3H3. The monoisotopic (exact) mass is 290 g/mol. The molecule has 0 saturated carbocycles. The van der Waals surface area contributed by atoms with E-state index in [1.54, 1.807) is 0 Å². The van der Waals surface area contributed by atoms with Gasteiger partial charge in [0.15, 0.2) is 0 Å². The molecule has 0 saturated heterocycles. The number of carbonyl (C=O) groups excluding carboxylic acids is 1.